The van der Waals surface area contributed by atoms with Crippen molar-refractivity contribution < 1.29 is 9.53 Å². The van der Waals surface area contributed by atoms with Crippen LogP contribution >= 0.6 is 21.7 Å². The fraction of sp³-hybridized carbons (Fsp3) is 0. The SMILES string of the molecule is O=C(Oc1ccccc1)c1ccc(-n2nnc(SCl)n2)cc1. The Bertz CT molecular complexity index is 777. The Kier molecular flexibility index (Phi) is 4.36. The number of benzene rings is 2. The summed E-state index contributed by atoms with van der Waals surface area (Å²) in [6.45, 7) is 0. The zero-order valence-corrected chi connectivity index (χ0v) is 12.7. The third-order valence-corrected chi connectivity index (χ3v) is 3.47. The quantitative estimate of drug-likeness (QED) is 0.540. The molecule has 0 atom stereocenters. The van der Waals surface area contributed by atoms with Gasteiger partial charge in [-0.3, -0.25) is 0 Å². The number of hydrogen-bond acceptors (Lipinski definition) is 6. The van der Waals surface area contributed by atoms with Crippen LogP contribution in [-0.2, 0) is 0 Å². The number of para-hydroxylation sites is 1. The predicted molar refractivity (Wildman–Crippen MR) is 82.3 cm³/mol. The number of carbonyl (C=O) groups is 1. The number of aromatic nitrogens is 4. The molecule has 0 aliphatic heterocycles. The predicted octanol–water partition coefficient (Wildman–Crippen LogP) is 3.13. The van der Waals surface area contributed by atoms with Crippen molar-refractivity contribution in [3.63, 3.8) is 0 Å². The molecule has 0 fully saturated rings. The van der Waals surface area contributed by atoms with Crippen LogP contribution in [0.5, 0.6) is 5.75 Å². The van der Waals surface area contributed by atoms with E-state index in [0.717, 1.165) is 11.0 Å². The van der Waals surface area contributed by atoms with Gasteiger partial charge in [-0.05, 0) is 52.3 Å². The molecule has 22 heavy (non-hydrogen) atoms. The maximum absolute atomic E-state index is 12.0. The molecule has 1 heterocycles. The summed E-state index contributed by atoms with van der Waals surface area (Å²) in [4.78, 5) is 13.3. The van der Waals surface area contributed by atoms with Crippen LogP contribution in [0.3, 0.4) is 0 Å². The number of esters is 1. The number of tetrazole rings is 1. The molecule has 6 nitrogen and oxygen atoms in total. The van der Waals surface area contributed by atoms with E-state index in [9.17, 15) is 4.79 Å². The maximum Gasteiger partial charge on any atom is 0.343 e. The second kappa shape index (κ2) is 6.59. The number of hydrogen-bond donors (Lipinski definition) is 0. The molecular formula is C14H9ClN4O2S. The Balaban J connectivity index is 1.75. The van der Waals surface area contributed by atoms with Crippen LogP contribution in [0, 0.1) is 0 Å². The molecule has 0 saturated heterocycles. The summed E-state index contributed by atoms with van der Waals surface area (Å²) in [6, 6.07) is 15.6. The van der Waals surface area contributed by atoms with E-state index in [1.165, 1.54) is 4.80 Å². The second-order valence-corrected chi connectivity index (χ2v) is 5.17. The molecule has 0 saturated carbocycles. The number of rotatable bonds is 4. The lowest BCUT2D eigenvalue weighted by Crippen LogP contribution is -2.08. The molecule has 0 aliphatic rings. The number of carbonyl (C=O) groups excluding carboxylic acids is 1. The van der Waals surface area contributed by atoms with E-state index in [1.54, 1.807) is 48.5 Å². The largest absolute Gasteiger partial charge is 0.423 e. The molecule has 0 amide bonds. The van der Waals surface area contributed by atoms with Gasteiger partial charge in [0.25, 0.3) is 0 Å². The minimum Gasteiger partial charge on any atom is -0.423 e. The van der Waals surface area contributed by atoms with Gasteiger partial charge in [-0.15, -0.1) is 9.90 Å². The highest BCUT2D eigenvalue weighted by molar-refractivity contribution is 8.21. The molecule has 3 aromatic rings. The maximum atomic E-state index is 12.0. The molecule has 2 aromatic carbocycles. The van der Waals surface area contributed by atoms with Crippen LogP contribution in [0.2, 0.25) is 0 Å². The van der Waals surface area contributed by atoms with Crippen molar-refractivity contribution in [2.45, 2.75) is 5.16 Å². The molecule has 8 heteroatoms. The van der Waals surface area contributed by atoms with Crippen molar-refractivity contribution in [3.05, 3.63) is 60.2 Å². The Morgan fingerprint density at radius 1 is 1.09 bits per heavy atom. The van der Waals surface area contributed by atoms with Crippen molar-refractivity contribution in [1.29, 1.82) is 0 Å². The molecule has 3 rings (SSSR count). The number of halogens is 1. The summed E-state index contributed by atoms with van der Waals surface area (Å²) in [5.41, 5.74) is 1.10. The highest BCUT2D eigenvalue weighted by Gasteiger charge is 2.10. The lowest BCUT2D eigenvalue weighted by Gasteiger charge is -2.04. The summed E-state index contributed by atoms with van der Waals surface area (Å²) in [5, 5.41) is 12.0. The first-order chi connectivity index (χ1) is 10.8. The Morgan fingerprint density at radius 3 is 2.45 bits per heavy atom. The van der Waals surface area contributed by atoms with E-state index >= 15 is 0 Å². The molecule has 0 spiro atoms. The summed E-state index contributed by atoms with van der Waals surface area (Å²) in [5.74, 6) is 0.0691. The normalized spacial score (nSPS) is 10.4. The molecule has 0 N–H and O–H groups in total. The Hall–Kier alpha value is -2.38. The van der Waals surface area contributed by atoms with Crippen LogP contribution in [0.1, 0.15) is 10.4 Å². The van der Waals surface area contributed by atoms with E-state index in [0.29, 0.717) is 22.2 Å². The van der Waals surface area contributed by atoms with Crippen molar-refractivity contribution >= 4 is 27.6 Å². The molecule has 0 aliphatic carbocycles. The van der Waals surface area contributed by atoms with E-state index in [1.807, 2.05) is 6.07 Å². The molecule has 0 radical (unpaired) electrons. The van der Waals surface area contributed by atoms with Gasteiger partial charge in [-0.1, -0.05) is 23.3 Å². The van der Waals surface area contributed by atoms with Gasteiger partial charge in [0.1, 0.15) is 5.75 Å². The first-order valence-electron chi connectivity index (χ1n) is 6.22. The van der Waals surface area contributed by atoms with Crippen molar-refractivity contribution in [1.82, 2.24) is 20.2 Å². The summed E-state index contributed by atoms with van der Waals surface area (Å²) >= 11 is 0. The van der Waals surface area contributed by atoms with E-state index < -0.39 is 5.97 Å². The monoisotopic (exact) mass is 332 g/mol. The van der Waals surface area contributed by atoms with E-state index in [4.69, 9.17) is 15.4 Å². The molecule has 110 valence electrons. The topological polar surface area (TPSA) is 69.9 Å². The third kappa shape index (κ3) is 3.26. The lowest BCUT2D eigenvalue weighted by atomic mass is 10.2. The average Bonchev–Trinajstić information content (AvgIpc) is 3.05. The minimum atomic E-state index is -0.429. The molecule has 0 unspecified atom stereocenters. The van der Waals surface area contributed by atoms with E-state index in [2.05, 4.69) is 15.4 Å². The molecular weight excluding hydrogens is 324 g/mol. The van der Waals surface area contributed by atoms with Crippen LogP contribution in [0.4, 0.5) is 0 Å². The molecule has 1 aromatic heterocycles. The smallest absolute Gasteiger partial charge is 0.343 e. The average molecular weight is 333 g/mol. The molecule has 0 bridgehead atoms. The van der Waals surface area contributed by atoms with Gasteiger partial charge in [-0.25, -0.2) is 4.79 Å². The highest BCUT2D eigenvalue weighted by atomic mass is 35.7. The zero-order valence-electron chi connectivity index (χ0n) is 11.1. The van der Waals surface area contributed by atoms with Gasteiger partial charge in [0, 0.05) is 11.0 Å². The summed E-state index contributed by atoms with van der Waals surface area (Å²) in [6.07, 6.45) is 0. The van der Waals surface area contributed by atoms with Crippen LogP contribution in [0.25, 0.3) is 5.69 Å². The van der Waals surface area contributed by atoms with Crippen molar-refractivity contribution in [3.8, 4) is 11.4 Å². The Morgan fingerprint density at radius 2 is 1.82 bits per heavy atom. The lowest BCUT2D eigenvalue weighted by molar-refractivity contribution is 0.0735. The van der Waals surface area contributed by atoms with Gasteiger partial charge >= 0.3 is 5.97 Å². The minimum absolute atomic E-state index is 0.356. The van der Waals surface area contributed by atoms with E-state index in [-0.39, 0.29) is 0 Å². The third-order valence-electron chi connectivity index (χ3n) is 2.75. The summed E-state index contributed by atoms with van der Waals surface area (Å²) in [7, 11) is 6.43. The number of ether oxygens (including phenoxy) is 1. The zero-order chi connectivity index (χ0) is 15.4. The fourth-order valence-electron chi connectivity index (χ4n) is 1.73. The van der Waals surface area contributed by atoms with Gasteiger partial charge in [0.2, 0.25) is 5.16 Å². The first kappa shape index (κ1) is 14.6. The van der Waals surface area contributed by atoms with Crippen LogP contribution in [-0.4, -0.2) is 26.2 Å². The first-order valence-corrected chi connectivity index (χ1v) is 7.87. The van der Waals surface area contributed by atoms with Crippen LogP contribution in [0.15, 0.2) is 59.8 Å². The highest BCUT2D eigenvalue weighted by Crippen LogP contribution is 2.17. The standard InChI is InChI=1S/C14H9ClN4O2S/c15-22-14-16-18-19(17-14)11-8-6-10(7-9-11)13(20)21-12-4-2-1-3-5-12/h1-9H. The number of nitrogens with zero attached hydrogens (tertiary/aromatic N) is 4. The Labute approximate surface area is 134 Å². The van der Waals surface area contributed by atoms with Gasteiger partial charge in [-0.2, -0.15) is 0 Å². The van der Waals surface area contributed by atoms with Gasteiger partial charge < -0.3 is 4.74 Å². The fourth-order valence-corrected chi connectivity index (χ4v) is 2.09. The van der Waals surface area contributed by atoms with Gasteiger partial charge in [0.05, 0.1) is 11.3 Å². The summed E-state index contributed by atoms with van der Waals surface area (Å²) < 4.78 is 5.26. The van der Waals surface area contributed by atoms with Crippen molar-refractivity contribution in [2.24, 2.45) is 0 Å². The van der Waals surface area contributed by atoms with Gasteiger partial charge in [0.15, 0.2) is 0 Å². The second-order valence-electron chi connectivity index (χ2n) is 4.19. The van der Waals surface area contributed by atoms with Crippen LogP contribution < -0.4 is 4.74 Å². The van der Waals surface area contributed by atoms with Crippen molar-refractivity contribution in [2.75, 3.05) is 0 Å².